The zero-order valence-corrected chi connectivity index (χ0v) is 25.6. The first-order valence-electron chi connectivity index (χ1n) is 15.2. The van der Waals surface area contributed by atoms with Gasteiger partial charge in [0.25, 0.3) is 0 Å². The number of hydrogen-bond donors (Lipinski definition) is 0. The highest BCUT2D eigenvalue weighted by atomic mass is 19.1. The van der Waals surface area contributed by atoms with Gasteiger partial charge in [0.05, 0.1) is 28.7 Å². The Labute approximate surface area is 251 Å². The van der Waals surface area contributed by atoms with Crippen LogP contribution in [0.5, 0.6) is 0 Å². The van der Waals surface area contributed by atoms with Gasteiger partial charge in [-0.1, -0.05) is 77.9 Å². The lowest BCUT2D eigenvalue weighted by atomic mass is 9.84. The maximum atomic E-state index is 14.0. The van der Waals surface area contributed by atoms with E-state index in [2.05, 4.69) is 82.5 Å². The summed E-state index contributed by atoms with van der Waals surface area (Å²) in [7, 11) is 0. The van der Waals surface area contributed by atoms with Crippen molar-refractivity contribution < 1.29 is 8.81 Å². The van der Waals surface area contributed by atoms with Gasteiger partial charge in [0, 0.05) is 16.2 Å². The molecule has 0 unspecified atom stereocenters. The first-order valence-corrected chi connectivity index (χ1v) is 15.2. The van der Waals surface area contributed by atoms with Crippen molar-refractivity contribution in [3.05, 3.63) is 107 Å². The Morgan fingerprint density at radius 3 is 2.19 bits per heavy atom. The minimum Gasteiger partial charge on any atom is -0.437 e. The summed E-state index contributed by atoms with van der Waals surface area (Å²) in [4.78, 5) is 9.94. The molecule has 7 rings (SSSR count). The number of nitrogens with zero attached hydrogens (tertiary/aromatic N) is 3. The number of aromatic nitrogens is 3. The molecule has 0 radical (unpaired) electrons. The molecule has 0 N–H and O–H groups in total. The van der Waals surface area contributed by atoms with Gasteiger partial charge in [0.1, 0.15) is 17.2 Å². The molecule has 0 aliphatic heterocycles. The monoisotopic (exact) mass is 569 g/mol. The molecule has 5 heteroatoms. The second-order valence-corrected chi connectivity index (χ2v) is 12.6. The van der Waals surface area contributed by atoms with Crippen LogP contribution in [-0.4, -0.2) is 14.5 Å². The molecule has 0 saturated heterocycles. The van der Waals surface area contributed by atoms with Crippen molar-refractivity contribution in [2.75, 3.05) is 0 Å². The minimum absolute atomic E-state index is 0.279. The SMILES string of the molecule is CC(C)c1cc(C(C)C)c(Cn2c(-c3cccc4c3oc3nc5ccc(F)cc5cc34)nc3ccccc32)c(C(C)C)c1. The van der Waals surface area contributed by atoms with Crippen LogP contribution in [0, 0.1) is 5.82 Å². The fourth-order valence-corrected chi connectivity index (χ4v) is 6.42. The van der Waals surface area contributed by atoms with Gasteiger partial charge in [0.15, 0.2) is 0 Å². The molecule has 43 heavy (non-hydrogen) atoms. The quantitative estimate of drug-likeness (QED) is 0.200. The summed E-state index contributed by atoms with van der Waals surface area (Å²) in [5.41, 5.74) is 10.5. The summed E-state index contributed by atoms with van der Waals surface area (Å²) >= 11 is 0. The third-order valence-corrected chi connectivity index (χ3v) is 8.71. The fourth-order valence-electron chi connectivity index (χ4n) is 6.42. The minimum atomic E-state index is -0.279. The third-order valence-electron chi connectivity index (χ3n) is 8.71. The summed E-state index contributed by atoms with van der Waals surface area (Å²) in [6, 6.07) is 26.0. The van der Waals surface area contributed by atoms with Crippen LogP contribution in [-0.2, 0) is 6.54 Å². The average Bonchev–Trinajstić information content (AvgIpc) is 3.53. The number of halogens is 1. The van der Waals surface area contributed by atoms with Gasteiger partial charge in [-0.25, -0.2) is 14.4 Å². The van der Waals surface area contributed by atoms with Gasteiger partial charge >= 0.3 is 0 Å². The van der Waals surface area contributed by atoms with E-state index in [0.29, 0.717) is 35.5 Å². The smallest absolute Gasteiger partial charge is 0.227 e. The molecular formula is C38H36FN3O. The molecule has 0 amide bonds. The van der Waals surface area contributed by atoms with Crippen LogP contribution in [0.4, 0.5) is 4.39 Å². The van der Waals surface area contributed by atoms with Gasteiger partial charge in [-0.2, -0.15) is 0 Å². The maximum absolute atomic E-state index is 14.0. The molecular weight excluding hydrogens is 533 g/mol. The number of fused-ring (bicyclic) bond motifs is 5. The average molecular weight is 570 g/mol. The lowest BCUT2D eigenvalue weighted by Gasteiger charge is -2.24. The Bertz CT molecular complexity index is 2140. The molecule has 0 fully saturated rings. The zero-order chi connectivity index (χ0) is 30.0. The molecule has 7 aromatic rings. The maximum Gasteiger partial charge on any atom is 0.227 e. The fraction of sp³-hybridized carbons (Fsp3) is 0.263. The highest BCUT2D eigenvalue weighted by Gasteiger charge is 2.23. The number of benzene rings is 4. The van der Waals surface area contributed by atoms with Crippen molar-refractivity contribution >= 4 is 44.0 Å². The zero-order valence-electron chi connectivity index (χ0n) is 25.6. The summed E-state index contributed by atoms with van der Waals surface area (Å²) in [6.07, 6.45) is 0. The topological polar surface area (TPSA) is 43.9 Å². The summed E-state index contributed by atoms with van der Waals surface area (Å²) in [5, 5.41) is 2.56. The van der Waals surface area contributed by atoms with Gasteiger partial charge in [-0.3, -0.25) is 0 Å². The van der Waals surface area contributed by atoms with Crippen molar-refractivity contribution in [1.29, 1.82) is 0 Å². The van der Waals surface area contributed by atoms with Crippen LogP contribution < -0.4 is 0 Å². The molecule has 0 aliphatic carbocycles. The predicted molar refractivity (Wildman–Crippen MR) is 176 cm³/mol. The second kappa shape index (κ2) is 10.3. The van der Waals surface area contributed by atoms with Crippen molar-refractivity contribution in [1.82, 2.24) is 14.5 Å². The normalized spacial score (nSPS) is 12.3. The van der Waals surface area contributed by atoms with Gasteiger partial charge in [-0.05, 0) is 82.5 Å². The van der Waals surface area contributed by atoms with E-state index in [1.54, 1.807) is 6.07 Å². The molecule has 0 bridgehead atoms. The Morgan fingerprint density at radius 2 is 1.47 bits per heavy atom. The van der Waals surface area contributed by atoms with Crippen molar-refractivity contribution in [3.63, 3.8) is 0 Å². The van der Waals surface area contributed by atoms with Crippen LogP contribution in [0.15, 0.2) is 83.3 Å². The van der Waals surface area contributed by atoms with Crippen molar-refractivity contribution in [2.45, 2.75) is 65.8 Å². The molecule has 4 aromatic carbocycles. The van der Waals surface area contributed by atoms with Crippen LogP contribution in [0.1, 0.15) is 81.5 Å². The molecule has 0 spiro atoms. The van der Waals surface area contributed by atoms with E-state index >= 15 is 0 Å². The summed E-state index contributed by atoms with van der Waals surface area (Å²) in [6.45, 7) is 14.4. The number of rotatable bonds is 6. The lowest BCUT2D eigenvalue weighted by Crippen LogP contribution is -2.11. The van der Waals surface area contributed by atoms with Crippen molar-refractivity contribution in [3.8, 4) is 11.4 Å². The van der Waals surface area contributed by atoms with Crippen LogP contribution in [0.2, 0.25) is 0 Å². The van der Waals surface area contributed by atoms with Crippen molar-refractivity contribution in [2.24, 2.45) is 0 Å². The highest BCUT2D eigenvalue weighted by molar-refractivity contribution is 6.11. The number of furan rings is 1. The Balaban J connectivity index is 1.48. The molecule has 4 nitrogen and oxygen atoms in total. The number of pyridine rings is 1. The van der Waals surface area contributed by atoms with Crippen LogP contribution >= 0.6 is 0 Å². The molecule has 0 atom stereocenters. The highest BCUT2D eigenvalue weighted by Crippen LogP contribution is 2.39. The molecule has 3 aromatic heterocycles. The van der Waals surface area contributed by atoms with E-state index in [0.717, 1.165) is 44.2 Å². The van der Waals surface area contributed by atoms with Gasteiger partial charge in [-0.15, -0.1) is 0 Å². The van der Waals surface area contributed by atoms with E-state index in [9.17, 15) is 4.39 Å². The van der Waals surface area contributed by atoms with E-state index in [1.807, 2.05) is 24.3 Å². The third kappa shape index (κ3) is 4.58. The van der Waals surface area contributed by atoms with Crippen LogP contribution in [0.3, 0.4) is 0 Å². The van der Waals surface area contributed by atoms with E-state index in [1.165, 1.54) is 34.4 Å². The lowest BCUT2D eigenvalue weighted by molar-refractivity contribution is 0.629. The van der Waals surface area contributed by atoms with E-state index < -0.39 is 0 Å². The number of para-hydroxylation sites is 3. The molecule has 0 saturated carbocycles. The second-order valence-electron chi connectivity index (χ2n) is 12.6. The van der Waals surface area contributed by atoms with Gasteiger partial charge in [0.2, 0.25) is 5.71 Å². The Kier molecular flexibility index (Phi) is 6.57. The van der Waals surface area contributed by atoms with E-state index in [4.69, 9.17) is 14.4 Å². The predicted octanol–water partition coefficient (Wildman–Crippen LogP) is 10.7. The van der Waals surface area contributed by atoms with Gasteiger partial charge < -0.3 is 8.98 Å². The number of imidazole rings is 1. The number of hydrogen-bond acceptors (Lipinski definition) is 3. The molecule has 3 heterocycles. The Morgan fingerprint density at radius 1 is 0.721 bits per heavy atom. The van der Waals surface area contributed by atoms with E-state index in [-0.39, 0.29) is 5.82 Å². The first kappa shape index (κ1) is 27.3. The molecule has 216 valence electrons. The molecule has 0 aliphatic rings. The standard InChI is InChI=1S/C38H36FN3O/c1-21(2)24-17-29(22(3)4)32(30(18-24)23(5)6)20-42-35-13-8-7-12-34(35)40-37(42)28-11-9-10-27-31-19-25-16-26(39)14-15-33(25)41-38(31)43-36(27)28/h7-19,21-23H,20H2,1-6H3. The summed E-state index contributed by atoms with van der Waals surface area (Å²) in [5.74, 6) is 1.81. The largest absolute Gasteiger partial charge is 0.437 e. The Hall–Kier alpha value is -4.51. The summed E-state index contributed by atoms with van der Waals surface area (Å²) < 4.78 is 22.9. The first-order chi connectivity index (χ1) is 20.7. The van der Waals surface area contributed by atoms with Crippen LogP contribution in [0.25, 0.3) is 55.4 Å².